The molecule has 0 aliphatic heterocycles. The Labute approximate surface area is 157 Å². The molecule has 0 rings (SSSR count). The number of ether oxygens (including phenoxy) is 2. The van der Waals surface area contributed by atoms with Crippen LogP contribution in [0.15, 0.2) is 0 Å². The standard InChI is InChI=1S/C17H27NO7S/c1-6-10(4)15(21)18-14(16(22)25-8-3)11(5)26-17(23)12(19)9-13(20)24-7-2/h10-11,14H,6-9H2,1-5H3,(H,18,21). The van der Waals surface area contributed by atoms with Crippen LogP contribution in [0.5, 0.6) is 0 Å². The number of esters is 2. The molecule has 3 unspecified atom stereocenters. The minimum Gasteiger partial charge on any atom is -0.466 e. The molecule has 0 radical (unpaired) electrons. The average Bonchev–Trinajstić information content (AvgIpc) is 2.58. The molecule has 0 aromatic heterocycles. The third-order valence-corrected chi connectivity index (χ3v) is 4.58. The second-order valence-corrected chi connectivity index (χ2v) is 6.91. The Morgan fingerprint density at radius 1 is 0.962 bits per heavy atom. The lowest BCUT2D eigenvalue weighted by Gasteiger charge is -2.23. The van der Waals surface area contributed by atoms with Gasteiger partial charge in [0.25, 0.3) is 5.12 Å². The van der Waals surface area contributed by atoms with Crippen LogP contribution in [0.1, 0.15) is 47.5 Å². The van der Waals surface area contributed by atoms with E-state index >= 15 is 0 Å². The quantitative estimate of drug-likeness (QED) is 0.319. The van der Waals surface area contributed by atoms with Gasteiger partial charge in [-0.15, -0.1) is 0 Å². The van der Waals surface area contributed by atoms with Crippen LogP contribution in [0.2, 0.25) is 0 Å². The molecule has 0 heterocycles. The molecule has 0 aromatic rings. The van der Waals surface area contributed by atoms with Gasteiger partial charge in [0.1, 0.15) is 12.5 Å². The Bertz CT molecular complexity index is 535. The summed E-state index contributed by atoms with van der Waals surface area (Å²) in [7, 11) is 0. The van der Waals surface area contributed by atoms with Crippen LogP contribution in [-0.4, -0.2) is 53.2 Å². The van der Waals surface area contributed by atoms with Crippen molar-refractivity contribution >= 4 is 40.5 Å². The third kappa shape index (κ3) is 8.46. The van der Waals surface area contributed by atoms with Gasteiger partial charge in [0.05, 0.1) is 13.2 Å². The van der Waals surface area contributed by atoms with Gasteiger partial charge in [0, 0.05) is 11.2 Å². The second-order valence-electron chi connectivity index (χ2n) is 5.56. The van der Waals surface area contributed by atoms with Crippen molar-refractivity contribution in [1.82, 2.24) is 5.32 Å². The van der Waals surface area contributed by atoms with E-state index in [0.717, 1.165) is 0 Å². The van der Waals surface area contributed by atoms with Crippen LogP contribution in [0.3, 0.4) is 0 Å². The summed E-state index contributed by atoms with van der Waals surface area (Å²) in [6, 6.07) is -1.08. The Morgan fingerprint density at radius 2 is 1.54 bits per heavy atom. The lowest BCUT2D eigenvalue weighted by atomic mass is 10.1. The van der Waals surface area contributed by atoms with E-state index in [-0.39, 0.29) is 25.0 Å². The molecule has 0 saturated heterocycles. The Balaban J connectivity index is 4.99. The first-order valence-corrected chi connectivity index (χ1v) is 9.42. The van der Waals surface area contributed by atoms with Crippen molar-refractivity contribution in [3.05, 3.63) is 0 Å². The lowest BCUT2D eigenvalue weighted by molar-refractivity contribution is -0.148. The van der Waals surface area contributed by atoms with E-state index in [9.17, 15) is 24.0 Å². The van der Waals surface area contributed by atoms with Gasteiger partial charge in [-0.2, -0.15) is 0 Å². The lowest BCUT2D eigenvalue weighted by Crippen LogP contribution is -2.49. The van der Waals surface area contributed by atoms with E-state index in [0.29, 0.717) is 18.2 Å². The van der Waals surface area contributed by atoms with Gasteiger partial charge in [-0.25, -0.2) is 4.79 Å². The van der Waals surface area contributed by atoms with Crippen molar-refractivity contribution in [2.75, 3.05) is 13.2 Å². The van der Waals surface area contributed by atoms with Crippen molar-refractivity contribution in [2.45, 2.75) is 58.8 Å². The number of nitrogens with one attached hydrogen (secondary N) is 1. The van der Waals surface area contributed by atoms with Gasteiger partial charge < -0.3 is 14.8 Å². The number of hydrogen-bond acceptors (Lipinski definition) is 8. The number of rotatable bonds is 11. The summed E-state index contributed by atoms with van der Waals surface area (Å²) in [5, 5.41) is 0.941. The smallest absolute Gasteiger partial charge is 0.329 e. The average molecular weight is 389 g/mol. The highest BCUT2D eigenvalue weighted by Crippen LogP contribution is 2.19. The SMILES string of the molecule is CCOC(=O)CC(=O)C(=O)SC(C)C(NC(=O)C(C)CC)C(=O)OCC. The highest BCUT2D eigenvalue weighted by atomic mass is 32.2. The van der Waals surface area contributed by atoms with Crippen molar-refractivity contribution in [3.8, 4) is 0 Å². The number of carbonyl (C=O) groups is 5. The third-order valence-electron chi connectivity index (χ3n) is 3.50. The molecule has 8 nitrogen and oxygen atoms in total. The largest absolute Gasteiger partial charge is 0.466 e. The first-order chi connectivity index (χ1) is 12.2. The zero-order valence-electron chi connectivity index (χ0n) is 15.8. The molecule has 148 valence electrons. The minimum atomic E-state index is -1.08. The predicted molar refractivity (Wildman–Crippen MR) is 96.3 cm³/mol. The number of carbonyl (C=O) groups excluding carboxylic acids is 5. The summed E-state index contributed by atoms with van der Waals surface area (Å²) < 4.78 is 9.56. The summed E-state index contributed by atoms with van der Waals surface area (Å²) in [4.78, 5) is 59.3. The Kier molecular flexibility index (Phi) is 11.5. The highest BCUT2D eigenvalue weighted by Gasteiger charge is 2.33. The van der Waals surface area contributed by atoms with Crippen molar-refractivity contribution in [3.63, 3.8) is 0 Å². The van der Waals surface area contributed by atoms with E-state index in [2.05, 4.69) is 10.1 Å². The Morgan fingerprint density at radius 3 is 2.04 bits per heavy atom. The van der Waals surface area contributed by atoms with Crippen molar-refractivity contribution < 1.29 is 33.4 Å². The fourth-order valence-electron chi connectivity index (χ4n) is 1.80. The topological polar surface area (TPSA) is 116 Å². The number of ketones is 1. The minimum absolute atomic E-state index is 0.108. The van der Waals surface area contributed by atoms with Crippen LogP contribution in [0.25, 0.3) is 0 Å². The Hall–Kier alpha value is -1.90. The number of Topliss-reactive ketones (excluding diaryl/α,β-unsaturated/α-hetero) is 1. The molecule has 0 saturated carbocycles. The maximum Gasteiger partial charge on any atom is 0.329 e. The van der Waals surface area contributed by atoms with Gasteiger partial charge in [0.15, 0.2) is 0 Å². The summed E-state index contributed by atoms with van der Waals surface area (Å²) in [5.41, 5.74) is 0. The van der Waals surface area contributed by atoms with E-state index in [1.807, 2.05) is 6.92 Å². The van der Waals surface area contributed by atoms with E-state index in [1.54, 1.807) is 20.8 Å². The van der Waals surface area contributed by atoms with Gasteiger partial charge in [-0.05, 0) is 20.3 Å². The highest BCUT2D eigenvalue weighted by molar-refractivity contribution is 8.16. The number of thioether (sulfide) groups is 1. The monoisotopic (exact) mass is 389 g/mol. The first-order valence-electron chi connectivity index (χ1n) is 8.54. The molecule has 1 amide bonds. The van der Waals surface area contributed by atoms with Crippen molar-refractivity contribution in [2.24, 2.45) is 5.92 Å². The molecular weight excluding hydrogens is 362 g/mol. The fraction of sp³-hybridized carbons (Fsp3) is 0.706. The molecule has 0 aromatic carbocycles. The number of hydrogen-bond donors (Lipinski definition) is 1. The van der Waals surface area contributed by atoms with Crippen LogP contribution >= 0.6 is 11.8 Å². The van der Waals surface area contributed by atoms with Crippen LogP contribution in [0.4, 0.5) is 0 Å². The molecule has 0 bridgehead atoms. The molecule has 0 aliphatic carbocycles. The van der Waals surface area contributed by atoms with E-state index < -0.39 is 40.5 Å². The van der Waals surface area contributed by atoms with Crippen LogP contribution in [0, 0.1) is 5.92 Å². The van der Waals surface area contributed by atoms with Gasteiger partial charge >= 0.3 is 11.9 Å². The van der Waals surface area contributed by atoms with Crippen LogP contribution in [-0.2, 0) is 33.4 Å². The molecule has 26 heavy (non-hydrogen) atoms. The van der Waals surface area contributed by atoms with E-state index in [4.69, 9.17) is 4.74 Å². The van der Waals surface area contributed by atoms with Gasteiger partial charge in [-0.1, -0.05) is 32.5 Å². The molecule has 0 aliphatic rings. The van der Waals surface area contributed by atoms with Gasteiger partial charge in [0.2, 0.25) is 11.7 Å². The second kappa shape index (κ2) is 12.5. The number of amides is 1. The fourth-order valence-corrected chi connectivity index (χ4v) is 2.66. The van der Waals surface area contributed by atoms with Crippen molar-refractivity contribution in [1.29, 1.82) is 0 Å². The maximum absolute atomic E-state index is 12.1. The van der Waals surface area contributed by atoms with Gasteiger partial charge in [-0.3, -0.25) is 19.2 Å². The predicted octanol–water partition coefficient (Wildman–Crippen LogP) is 1.25. The molecule has 1 N–H and O–H groups in total. The molecule has 9 heteroatoms. The summed E-state index contributed by atoms with van der Waals surface area (Å²) in [5.74, 6) is -3.05. The maximum atomic E-state index is 12.1. The normalized spacial score (nSPS) is 13.9. The molecule has 3 atom stereocenters. The first kappa shape index (κ1) is 24.1. The summed E-state index contributed by atoms with van der Waals surface area (Å²) in [6.07, 6.45) is -0.0739. The molecular formula is C17H27NO7S. The van der Waals surface area contributed by atoms with E-state index in [1.165, 1.54) is 6.92 Å². The molecule has 0 fully saturated rings. The summed E-state index contributed by atoms with van der Waals surface area (Å²) >= 11 is 0.580. The summed E-state index contributed by atoms with van der Waals surface area (Å²) in [6.45, 7) is 8.50. The zero-order chi connectivity index (χ0) is 20.3. The zero-order valence-corrected chi connectivity index (χ0v) is 16.6. The molecule has 0 spiro atoms. The van der Waals surface area contributed by atoms with Crippen LogP contribution < -0.4 is 5.32 Å².